The van der Waals surface area contributed by atoms with E-state index in [1.54, 1.807) is 9.80 Å². The van der Waals surface area contributed by atoms with Crippen LogP contribution in [0.5, 0.6) is 0 Å². The van der Waals surface area contributed by atoms with Crippen LogP contribution in [0.15, 0.2) is 42.5 Å². The van der Waals surface area contributed by atoms with Crippen LogP contribution in [0.1, 0.15) is 80.6 Å². The van der Waals surface area contributed by atoms with Crippen molar-refractivity contribution >= 4 is 29.4 Å². The number of carbonyl (C=O) groups is 3. The Morgan fingerprint density at radius 1 is 0.800 bits per heavy atom. The van der Waals surface area contributed by atoms with Crippen LogP contribution in [-0.4, -0.2) is 58.7 Å². The third-order valence-electron chi connectivity index (χ3n) is 6.82. The molecule has 3 amide bonds. The summed E-state index contributed by atoms with van der Waals surface area (Å²) < 4.78 is 11.0. The topological polar surface area (TPSA) is 88.2 Å². The molecule has 214 valence electrons. The Bertz CT molecular complexity index is 1330. The second kappa shape index (κ2) is 11.4. The van der Waals surface area contributed by atoms with Crippen LogP contribution in [0.2, 0.25) is 0 Å². The molecular formula is C32H41N3O5. The molecule has 2 aromatic carbocycles. The molecular weight excluding hydrogens is 506 g/mol. The zero-order valence-electron chi connectivity index (χ0n) is 24.7. The fourth-order valence-electron chi connectivity index (χ4n) is 4.89. The van der Waals surface area contributed by atoms with Gasteiger partial charge in [-0.1, -0.05) is 18.2 Å². The number of nitrogens with zero attached hydrogens (tertiary/aromatic N) is 2. The third-order valence-corrected chi connectivity index (χ3v) is 6.82. The highest BCUT2D eigenvalue weighted by molar-refractivity contribution is 6.04. The molecule has 0 saturated heterocycles. The molecule has 1 N–H and O–H groups in total. The van der Waals surface area contributed by atoms with Gasteiger partial charge in [0.2, 0.25) is 0 Å². The highest BCUT2D eigenvalue weighted by Crippen LogP contribution is 2.29. The number of aryl methyl sites for hydroxylation is 1. The van der Waals surface area contributed by atoms with Gasteiger partial charge in [-0.3, -0.25) is 4.79 Å². The first kappa shape index (κ1) is 29.2. The molecule has 0 fully saturated rings. The summed E-state index contributed by atoms with van der Waals surface area (Å²) in [5.41, 5.74) is 5.63. The van der Waals surface area contributed by atoms with Gasteiger partial charge in [-0.15, -0.1) is 0 Å². The lowest BCUT2D eigenvalue weighted by Crippen LogP contribution is -2.40. The maximum atomic E-state index is 13.1. The summed E-state index contributed by atoms with van der Waals surface area (Å²) in [6.45, 7) is 15.3. The number of anilines is 1. The number of benzene rings is 2. The van der Waals surface area contributed by atoms with Crippen LogP contribution in [0.3, 0.4) is 0 Å². The van der Waals surface area contributed by atoms with E-state index < -0.39 is 11.2 Å². The van der Waals surface area contributed by atoms with Crippen LogP contribution in [-0.2, 0) is 22.4 Å². The van der Waals surface area contributed by atoms with Crippen molar-refractivity contribution in [2.45, 2.75) is 79.1 Å². The van der Waals surface area contributed by atoms with Gasteiger partial charge in [0.05, 0.1) is 0 Å². The SMILES string of the molecule is Cc1cc(NC(=O)c2ccc3c(c2)CN(C(=O)OC(C)(C)C)CC3)ccc1C1=CCN(C(=O)OC(C)(C)C)CC1. The summed E-state index contributed by atoms with van der Waals surface area (Å²) in [6.07, 6.45) is 2.90. The van der Waals surface area contributed by atoms with E-state index in [1.807, 2.05) is 84.9 Å². The van der Waals surface area contributed by atoms with Gasteiger partial charge < -0.3 is 24.6 Å². The van der Waals surface area contributed by atoms with E-state index in [0.717, 1.165) is 35.1 Å². The highest BCUT2D eigenvalue weighted by atomic mass is 16.6. The Hall–Kier alpha value is -3.81. The van der Waals surface area contributed by atoms with Gasteiger partial charge in [0.1, 0.15) is 11.2 Å². The summed E-state index contributed by atoms with van der Waals surface area (Å²) in [5, 5.41) is 3.01. The predicted molar refractivity (Wildman–Crippen MR) is 156 cm³/mol. The predicted octanol–water partition coefficient (Wildman–Crippen LogP) is 6.56. The molecule has 0 radical (unpaired) electrons. The number of fused-ring (bicyclic) bond motifs is 1. The summed E-state index contributed by atoms with van der Waals surface area (Å²) in [4.78, 5) is 41.4. The Morgan fingerprint density at radius 2 is 1.45 bits per heavy atom. The first-order valence-corrected chi connectivity index (χ1v) is 13.9. The van der Waals surface area contributed by atoms with E-state index in [1.165, 1.54) is 5.57 Å². The molecule has 2 aliphatic rings. The van der Waals surface area contributed by atoms with Crippen molar-refractivity contribution in [1.29, 1.82) is 0 Å². The number of rotatable bonds is 3. The van der Waals surface area contributed by atoms with Gasteiger partial charge in [-0.05, 0) is 113 Å². The fourth-order valence-corrected chi connectivity index (χ4v) is 4.89. The number of ether oxygens (including phenoxy) is 2. The molecule has 0 aromatic heterocycles. The van der Waals surface area contributed by atoms with Crippen molar-refractivity contribution in [2.24, 2.45) is 0 Å². The lowest BCUT2D eigenvalue weighted by atomic mass is 9.95. The van der Waals surface area contributed by atoms with Crippen molar-refractivity contribution in [3.05, 3.63) is 70.3 Å². The molecule has 0 unspecified atom stereocenters. The number of hydrogen-bond donors (Lipinski definition) is 1. The zero-order chi connectivity index (χ0) is 29.2. The number of hydrogen-bond acceptors (Lipinski definition) is 5. The van der Waals surface area contributed by atoms with E-state index in [0.29, 0.717) is 37.4 Å². The van der Waals surface area contributed by atoms with Crippen molar-refractivity contribution in [3.8, 4) is 0 Å². The van der Waals surface area contributed by atoms with Crippen molar-refractivity contribution in [3.63, 3.8) is 0 Å². The smallest absolute Gasteiger partial charge is 0.410 e. The van der Waals surface area contributed by atoms with E-state index in [9.17, 15) is 14.4 Å². The molecule has 0 atom stereocenters. The van der Waals surface area contributed by atoms with Gasteiger partial charge in [-0.2, -0.15) is 0 Å². The first-order chi connectivity index (χ1) is 18.7. The van der Waals surface area contributed by atoms with E-state index in [-0.39, 0.29) is 18.1 Å². The Labute approximate surface area is 237 Å². The maximum absolute atomic E-state index is 13.1. The summed E-state index contributed by atoms with van der Waals surface area (Å²) in [5.74, 6) is -0.200. The average molecular weight is 548 g/mol. The minimum absolute atomic E-state index is 0.200. The lowest BCUT2D eigenvalue weighted by molar-refractivity contribution is 0.0221. The van der Waals surface area contributed by atoms with Crippen molar-refractivity contribution in [1.82, 2.24) is 9.80 Å². The molecule has 4 rings (SSSR count). The van der Waals surface area contributed by atoms with Gasteiger partial charge in [0, 0.05) is 37.4 Å². The largest absolute Gasteiger partial charge is 0.444 e. The van der Waals surface area contributed by atoms with Gasteiger partial charge in [0.15, 0.2) is 0 Å². The van der Waals surface area contributed by atoms with Crippen LogP contribution in [0.25, 0.3) is 5.57 Å². The minimum Gasteiger partial charge on any atom is -0.444 e. The number of carbonyl (C=O) groups excluding carboxylic acids is 3. The van der Waals surface area contributed by atoms with Gasteiger partial charge in [0.25, 0.3) is 5.91 Å². The Morgan fingerprint density at radius 3 is 2.05 bits per heavy atom. The molecule has 0 aliphatic carbocycles. The molecule has 2 aromatic rings. The lowest BCUT2D eigenvalue weighted by Gasteiger charge is -2.31. The minimum atomic E-state index is -0.555. The Balaban J connectivity index is 1.40. The van der Waals surface area contributed by atoms with E-state index in [2.05, 4.69) is 11.4 Å². The molecule has 40 heavy (non-hydrogen) atoms. The fraction of sp³-hybridized carbons (Fsp3) is 0.469. The quantitative estimate of drug-likeness (QED) is 0.470. The molecule has 2 aliphatic heterocycles. The number of nitrogens with one attached hydrogen (secondary N) is 1. The van der Waals surface area contributed by atoms with Crippen LogP contribution < -0.4 is 5.32 Å². The van der Waals surface area contributed by atoms with Gasteiger partial charge in [-0.25, -0.2) is 9.59 Å². The third kappa shape index (κ3) is 7.43. The normalized spacial score (nSPS) is 15.6. The summed E-state index contributed by atoms with van der Waals surface area (Å²) in [7, 11) is 0. The highest BCUT2D eigenvalue weighted by Gasteiger charge is 2.27. The molecule has 0 bridgehead atoms. The Kier molecular flexibility index (Phi) is 8.28. The van der Waals surface area contributed by atoms with Crippen LogP contribution in [0.4, 0.5) is 15.3 Å². The average Bonchev–Trinajstić information content (AvgIpc) is 2.86. The number of amides is 3. The standard InChI is InChI=1S/C32H41N3O5/c1-21-18-26(10-11-27(21)23-13-15-34(16-14-23)29(37)39-31(2,3)4)33-28(36)24-9-8-22-12-17-35(20-25(22)19-24)30(38)40-32(5,6)7/h8-11,13,18-19H,12,14-17,20H2,1-7H3,(H,33,36). The molecule has 0 saturated carbocycles. The van der Waals surface area contributed by atoms with Crippen molar-refractivity contribution in [2.75, 3.05) is 25.0 Å². The van der Waals surface area contributed by atoms with Crippen LogP contribution >= 0.6 is 0 Å². The second-order valence-electron chi connectivity index (χ2n) is 12.5. The van der Waals surface area contributed by atoms with Gasteiger partial charge >= 0.3 is 12.2 Å². The van der Waals surface area contributed by atoms with E-state index >= 15 is 0 Å². The summed E-state index contributed by atoms with van der Waals surface area (Å²) in [6, 6.07) is 11.6. The summed E-state index contributed by atoms with van der Waals surface area (Å²) >= 11 is 0. The van der Waals surface area contributed by atoms with Crippen LogP contribution in [0, 0.1) is 6.92 Å². The molecule has 8 heteroatoms. The molecule has 0 spiro atoms. The second-order valence-corrected chi connectivity index (χ2v) is 12.5. The van der Waals surface area contributed by atoms with E-state index in [4.69, 9.17) is 9.47 Å². The zero-order valence-corrected chi connectivity index (χ0v) is 24.7. The van der Waals surface area contributed by atoms with Crippen molar-refractivity contribution < 1.29 is 23.9 Å². The molecule has 2 heterocycles. The monoisotopic (exact) mass is 547 g/mol. The maximum Gasteiger partial charge on any atom is 0.410 e. The first-order valence-electron chi connectivity index (χ1n) is 13.9. The molecule has 8 nitrogen and oxygen atoms in total.